The van der Waals surface area contributed by atoms with Gasteiger partial charge in [0.25, 0.3) is 0 Å². The van der Waals surface area contributed by atoms with Gasteiger partial charge in [-0.25, -0.2) is 10.9 Å². The van der Waals surface area contributed by atoms with Gasteiger partial charge < -0.3 is 19.3 Å². The van der Waals surface area contributed by atoms with Gasteiger partial charge in [-0.3, -0.25) is 4.90 Å². The number of benzene rings is 2. The molecule has 2 aromatic rings. The molecule has 0 spiro atoms. The summed E-state index contributed by atoms with van der Waals surface area (Å²) in [6.45, 7) is 1.54. The first-order valence-corrected chi connectivity index (χ1v) is 9.81. The van der Waals surface area contributed by atoms with Crippen LogP contribution in [0.25, 0.3) is 0 Å². The Hall–Kier alpha value is -2.16. The van der Waals surface area contributed by atoms with Crippen molar-refractivity contribution in [3.05, 3.63) is 59.7 Å². The number of nitrogens with zero attached hydrogens (tertiary/aromatic N) is 1. The molecule has 3 atom stereocenters. The second kappa shape index (κ2) is 10.6. The van der Waals surface area contributed by atoms with E-state index in [0.29, 0.717) is 0 Å². The third-order valence-corrected chi connectivity index (χ3v) is 5.36. The zero-order valence-corrected chi connectivity index (χ0v) is 17.3. The van der Waals surface area contributed by atoms with Crippen LogP contribution in [0.5, 0.6) is 11.5 Å². The van der Waals surface area contributed by atoms with E-state index in [0.717, 1.165) is 31.0 Å². The van der Waals surface area contributed by atoms with E-state index in [2.05, 4.69) is 40.0 Å². The Morgan fingerprint density at radius 2 is 1.38 bits per heavy atom. The largest absolute Gasteiger partial charge is 0.497 e. The molecule has 1 aliphatic heterocycles. The number of hydrogen-bond acceptors (Lipinski definition) is 7. The predicted molar refractivity (Wildman–Crippen MR) is 111 cm³/mol. The number of nitrogens with one attached hydrogen (secondary N) is 2. The second-order valence-corrected chi connectivity index (χ2v) is 7.24. The zero-order chi connectivity index (χ0) is 20.6. The SMILES string of the molecule is COc1ccc(CN(Cc2ccc(OC)cc2)C2NNC(OC)CC2CO)cc1. The van der Waals surface area contributed by atoms with Gasteiger partial charge in [0, 0.05) is 32.7 Å². The Morgan fingerprint density at radius 3 is 1.79 bits per heavy atom. The first kappa shape index (κ1) is 21.5. The van der Waals surface area contributed by atoms with Crippen molar-refractivity contribution in [1.82, 2.24) is 15.8 Å². The summed E-state index contributed by atoms with van der Waals surface area (Å²) in [5, 5.41) is 10.0. The summed E-state index contributed by atoms with van der Waals surface area (Å²) in [7, 11) is 5.00. The fourth-order valence-electron chi connectivity index (χ4n) is 3.66. The van der Waals surface area contributed by atoms with E-state index in [1.807, 2.05) is 24.3 Å². The van der Waals surface area contributed by atoms with Crippen LogP contribution in [0.15, 0.2) is 48.5 Å². The maximum absolute atomic E-state index is 10.0. The average molecular weight is 402 g/mol. The molecule has 0 bridgehead atoms. The lowest BCUT2D eigenvalue weighted by Gasteiger charge is -2.42. The second-order valence-electron chi connectivity index (χ2n) is 7.24. The van der Waals surface area contributed by atoms with Crippen LogP contribution in [0.1, 0.15) is 17.5 Å². The smallest absolute Gasteiger partial charge is 0.120 e. The van der Waals surface area contributed by atoms with Crippen molar-refractivity contribution in [3.63, 3.8) is 0 Å². The van der Waals surface area contributed by atoms with E-state index < -0.39 is 0 Å². The first-order valence-electron chi connectivity index (χ1n) is 9.81. The molecule has 3 rings (SSSR count). The molecule has 0 radical (unpaired) electrons. The quantitative estimate of drug-likeness (QED) is 0.594. The van der Waals surface area contributed by atoms with Gasteiger partial charge in [-0.1, -0.05) is 24.3 Å². The molecule has 2 aromatic carbocycles. The highest BCUT2D eigenvalue weighted by Gasteiger charge is 2.33. The molecule has 0 saturated carbocycles. The zero-order valence-electron chi connectivity index (χ0n) is 17.3. The third kappa shape index (κ3) is 5.68. The van der Waals surface area contributed by atoms with Crippen LogP contribution in [0.3, 0.4) is 0 Å². The highest BCUT2D eigenvalue weighted by atomic mass is 16.5. The van der Waals surface area contributed by atoms with Crippen LogP contribution < -0.4 is 20.3 Å². The van der Waals surface area contributed by atoms with E-state index in [1.54, 1.807) is 21.3 Å². The Labute approximate surface area is 172 Å². The van der Waals surface area contributed by atoms with E-state index in [1.165, 1.54) is 11.1 Å². The highest BCUT2D eigenvalue weighted by molar-refractivity contribution is 5.29. The van der Waals surface area contributed by atoms with E-state index in [-0.39, 0.29) is 24.9 Å². The van der Waals surface area contributed by atoms with Gasteiger partial charge >= 0.3 is 0 Å². The van der Waals surface area contributed by atoms with Gasteiger partial charge in [0.15, 0.2) is 0 Å². The normalized spacial score (nSPS) is 21.9. The molecule has 1 saturated heterocycles. The van der Waals surface area contributed by atoms with E-state index in [9.17, 15) is 5.11 Å². The van der Waals surface area contributed by atoms with E-state index >= 15 is 0 Å². The van der Waals surface area contributed by atoms with Crippen molar-refractivity contribution >= 4 is 0 Å². The fraction of sp³-hybridized carbons (Fsp3) is 0.455. The van der Waals surface area contributed by atoms with Crippen molar-refractivity contribution in [2.75, 3.05) is 27.9 Å². The van der Waals surface area contributed by atoms with Crippen LogP contribution in [0, 0.1) is 5.92 Å². The predicted octanol–water partition coefficient (Wildman–Crippen LogP) is 2.11. The molecule has 1 aliphatic rings. The number of rotatable bonds is 9. The van der Waals surface area contributed by atoms with Crippen molar-refractivity contribution in [3.8, 4) is 11.5 Å². The number of methoxy groups -OCH3 is 3. The Bertz CT molecular complexity index is 689. The number of hydrazine groups is 1. The average Bonchev–Trinajstić information content (AvgIpc) is 2.79. The molecule has 7 nitrogen and oxygen atoms in total. The molecule has 29 heavy (non-hydrogen) atoms. The molecule has 0 aromatic heterocycles. The van der Waals surface area contributed by atoms with Crippen molar-refractivity contribution < 1.29 is 19.3 Å². The van der Waals surface area contributed by atoms with Crippen LogP contribution in [0.4, 0.5) is 0 Å². The maximum Gasteiger partial charge on any atom is 0.120 e. The van der Waals surface area contributed by atoms with Crippen LogP contribution in [0.2, 0.25) is 0 Å². The minimum absolute atomic E-state index is 0.0395. The van der Waals surface area contributed by atoms with Gasteiger partial charge in [0.1, 0.15) is 17.7 Å². The molecule has 1 heterocycles. The van der Waals surface area contributed by atoms with E-state index in [4.69, 9.17) is 14.2 Å². The number of aliphatic hydroxyl groups is 1. The summed E-state index contributed by atoms with van der Waals surface area (Å²) in [5.41, 5.74) is 8.90. The summed E-state index contributed by atoms with van der Waals surface area (Å²) in [6.07, 6.45) is 0.565. The summed E-state index contributed by atoms with van der Waals surface area (Å²) in [6, 6.07) is 16.2. The fourth-order valence-corrected chi connectivity index (χ4v) is 3.66. The lowest BCUT2D eigenvalue weighted by molar-refractivity contribution is -0.0566. The lowest BCUT2D eigenvalue weighted by Crippen LogP contribution is -2.63. The Morgan fingerprint density at radius 1 is 0.862 bits per heavy atom. The standard InChI is InChI=1S/C22H31N3O4/c1-27-19-8-4-16(5-9-19)13-25(14-17-6-10-20(28-2)11-7-17)22-18(15-26)12-21(29-3)23-24-22/h4-11,18,21-24,26H,12-15H2,1-3H3. The van der Waals surface area contributed by atoms with Crippen LogP contribution in [-0.2, 0) is 17.8 Å². The van der Waals surface area contributed by atoms with Gasteiger partial charge in [-0.2, -0.15) is 0 Å². The molecule has 1 fully saturated rings. The minimum atomic E-state index is -0.118. The van der Waals surface area contributed by atoms with Gasteiger partial charge in [0.2, 0.25) is 0 Å². The monoisotopic (exact) mass is 401 g/mol. The van der Waals surface area contributed by atoms with Crippen molar-refractivity contribution in [2.24, 2.45) is 5.92 Å². The molecule has 158 valence electrons. The minimum Gasteiger partial charge on any atom is -0.497 e. The molecule has 0 amide bonds. The molecular formula is C22H31N3O4. The van der Waals surface area contributed by atoms with Crippen molar-refractivity contribution in [1.29, 1.82) is 0 Å². The highest BCUT2D eigenvalue weighted by Crippen LogP contribution is 2.24. The van der Waals surface area contributed by atoms with Crippen molar-refractivity contribution in [2.45, 2.75) is 31.9 Å². The van der Waals surface area contributed by atoms with Gasteiger partial charge in [0.05, 0.1) is 20.4 Å². The summed E-state index contributed by atoms with van der Waals surface area (Å²) in [4.78, 5) is 2.32. The number of ether oxygens (including phenoxy) is 3. The van der Waals surface area contributed by atoms with Gasteiger partial charge in [-0.15, -0.1) is 0 Å². The Kier molecular flexibility index (Phi) is 7.85. The number of aliphatic hydroxyl groups excluding tert-OH is 1. The summed E-state index contributed by atoms with van der Waals surface area (Å²) < 4.78 is 16.0. The lowest BCUT2D eigenvalue weighted by atomic mass is 9.98. The maximum atomic E-state index is 10.0. The number of hydrogen-bond donors (Lipinski definition) is 3. The molecular weight excluding hydrogens is 370 g/mol. The molecule has 3 unspecified atom stereocenters. The molecule has 0 aliphatic carbocycles. The topological polar surface area (TPSA) is 75.2 Å². The summed E-state index contributed by atoms with van der Waals surface area (Å²) in [5.74, 6) is 1.71. The first-order chi connectivity index (χ1) is 14.2. The van der Waals surface area contributed by atoms with Crippen LogP contribution in [-0.4, -0.2) is 50.3 Å². The van der Waals surface area contributed by atoms with Crippen LogP contribution >= 0.6 is 0 Å². The molecule has 3 N–H and O–H groups in total. The Balaban J connectivity index is 1.80. The summed E-state index contributed by atoms with van der Waals surface area (Å²) >= 11 is 0. The third-order valence-electron chi connectivity index (χ3n) is 5.36. The molecule has 7 heteroatoms. The van der Waals surface area contributed by atoms with Gasteiger partial charge in [-0.05, 0) is 41.8 Å².